The maximum absolute atomic E-state index is 15.7. The summed E-state index contributed by atoms with van der Waals surface area (Å²) in [6.07, 6.45) is 3.61. The first-order chi connectivity index (χ1) is 51.6. The Balaban J connectivity index is 3.06. The summed E-state index contributed by atoms with van der Waals surface area (Å²) in [5, 5.41) is 25.4. The van der Waals surface area contributed by atoms with Gasteiger partial charge < -0.3 is 75.5 Å². The van der Waals surface area contributed by atoms with Crippen molar-refractivity contribution in [3.05, 3.63) is 35.9 Å². The van der Waals surface area contributed by atoms with E-state index in [1.165, 1.54) is 92.6 Å². The normalized spacial score (nSPS) is 24.0. The largest absolute Gasteiger partial charge is 0.462 e. The van der Waals surface area contributed by atoms with Crippen LogP contribution in [0.25, 0.3) is 0 Å². The fourth-order valence-corrected chi connectivity index (χ4v) is 14.8. The van der Waals surface area contributed by atoms with E-state index < -0.39 is 172 Å². The highest BCUT2D eigenvalue weighted by atomic mass is 32.2. The minimum atomic E-state index is -1.70. The van der Waals surface area contributed by atoms with Crippen LogP contribution in [0, 0.1) is 41.4 Å². The van der Waals surface area contributed by atoms with Crippen LogP contribution in [0.1, 0.15) is 232 Å². The van der Waals surface area contributed by atoms with Crippen molar-refractivity contribution >= 4 is 88.8 Å². The molecule has 1 aromatic rings. The number of nitrogens with zero attached hydrogens (tertiary/aromatic N) is 7. The Bertz CT molecular complexity index is 3190. The van der Waals surface area contributed by atoms with Crippen molar-refractivity contribution in [1.29, 1.82) is 0 Å². The van der Waals surface area contributed by atoms with E-state index in [2.05, 4.69) is 26.6 Å². The number of benzene rings is 1. The third kappa shape index (κ3) is 31.7. The molecular weight excluding hydrogens is 1440 g/mol. The lowest BCUT2D eigenvalue weighted by atomic mass is 9.90. The highest BCUT2D eigenvalue weighted by molar-refractivity contribution is 8.00. The van der Waals surface area contributed by atoms with Gasteiger partial charge in [-0.2, -0.15) is 0 Å². The monoisotopic (exact) mass is 1580 g/mol. The van der Waals surface area contributed by atoms with Crippen molar-refractivity contribution < 1.29 is 76.9 Å². The third-order valence-corrected chi connectivity index (χ3v) is 21.6. The predicted octanol–water partition coefficient (Wildman–Crippen LogP) is 8.25. The van der Waals surface area contributed by atoms with Gasteiger partial charge in [0, 0.05) is 55.9 Å². The van der Waals surface area contributed by atoms with E-state index in [9.17, 15) is 33.9 Å². The average molecular weight is 1580 g/mol. The number of aliphatic hydroxyl groups excluding tert-OH is 1. The fourth-order valence-electron chi connectivity index (χ4n) is 13.6. The third-order valence-electron chi connectivity index (χ3n) is 20.3. The lowest BCUT2D eigenvalue weighted by Gasteiger charge is -2.41. The van der Waals surface area contributed by atoms with E-state index in [4.69, 9.17) is 9.47 Å². The maximum Gasteiger partial charge on any atom is 0.407 e. The first-order valence-corrected chi connectivity index (χ1v) is 41.3. The molecule has 0 aromatic heterocycles. The van der Waals surface area contributed by atoms with Crippen LogP contribution in [0.4, 0.5) is 4.79 Å². The summed E-state index contributed by atoms with van der Waals surface area (Å²) in [6, 6.07) is -4.37. The molecule has 0 bridgehead atoms. The van der Waals surface area contributed by atoms with Crippen LogP contribution in [0.3, 0.4) is 0 Å². The van der Waals surface area contributed by atoms with Crippen molar-refractivity contribution in [3.8, 4) is 0 Å². The Kier molecular flexibility index (Phi) is 42.9. The number of esters is 1. The van der Waals surface area contributed by atoms with Crippen LogP contribution in [-0.2, 0) is 62.2 Å². The number of alkyl carbamates (subject to hydrolysis) is 1. The van der Waals surface area contributed by atoms with Crippen molar-refractivity contribution in [2.24, 2.45) is 41.4 Å². The number of amides is 12. The van der Waals surface area contributed by atoms with Crippen LogP contribution in [0.15, 0.2) is 30.3 Å². The number of ether oxygens (including phenoxy) is 2. The number of rotatable bonds is 29. The zero-order valence-corrected chi connectivity index (χ0v) is 72.8. The van der Waals surface area contributed by atoms with Crippen LogP contribution in [-0.4, -0.2) is 262 Å². The summed E-state index contributed by atoms with van der Waals surface area (Å²) in [7, 11) is 9.99. The van der Waals surface area contributed by atoms with E-state index in [0.29, 0.717) is 75.6 Å². The minimum Gasteiger partial charge on any atom is -0.462 e. The SMILES string of the molecule is CC[C@H]1NC(=O)[C@H]([C@H](O)[C@H](C)CCCCCCNC(=O)OC(C)(C)C)N(C)C(=O)[C@@H](C(C)C)N(C)C(=O)[C@@H](CC(C)C)N(C)C(=O)[C@H](CC(C)C)N(C)C(=O)[C@H](C)NC(=O)[C@@H](C)NC(=O)[C@@H](CC(C)C)N(C)C(=O)[C@@H](C(C)C)NC(=O)[C@H](CC(C)C)N(C)C(=O)[C@@H](SCCCCCCOC(=O)c2ccccc2)N(C)C1=O. The van der Waals surface area contributed by atoms with Gasteiger partial charge in [0.1, 0.15) is 66.0 Å². The molecule has 1 aliphatic rings. The van der Waals surface area contributed by atoms with E-state index in [-0.39, 0.29) is 62.4 Å². The first-order valence-electron chi connectivity index (χ1n) is 40.2. The highest BCUT2D eigenvalue weighted by Gasteiger charge is 2.47. The zero-order chi connectivity index (χ0) is 84.8. The van der Waals surface area contributed by atoms with Gasteiger partial charge in [-0.3, -0.25) is 52.7 Å². The van der Waals surface area contributed by atoms with E-state index in [0.717, 1.165) is 16.7 Å². The molecule has 28 nitrogen and oxygen atoms in total. The summed E-state index contributed by atoms with van der Waals surface area (Å²) in [5.41, 5.74) is -0.239. The summed E-state index contributed by atoms with van der Waals surface area (Å²) in [5.74, 6) is -10.5. The molecule has 1 fully saturated rings. The Hall–Kier alpha value is -7.56. The number of thioether (sulfide) groups is 1. The molecule has 6 N–H and O–H groups in total. The number of unbranched alkanes of at least 4 members (excludes halogenated alkanes) is 6. The molecule has 2 rings (SSSR count). The first kappa shape index (κ1) is 99.5. The molecule has 0 aliphatic carbocycles. The second-order valence-electron chi connectivity index (χ2n) is 33.8. The van der Waals surface area contributed by atoms with Crippen LogP contribution < -0.4 is 26.6 Å². The van der Waals surface area contributed by atoms with Gasteiger partial charge in [-0.05, 0) is 152 Å². The second-order valence-corrected chi connectivity index (χ2v) is 34.9. The molecule has 1 aromatic carbocycles. The quantitative estimate of drug-likeness (QED) is 0.0325. The molecule has 1 aliphatic heterocycles. The summed E-state index contributed by atoms with van der Waals surface area (Å²) in [6.45, 7) is 34.0. The van der Waals surface area contributed by atoms with Gasteiger partial charge in [-0.15, -0.1) is 11.8 Å². The summed E-state index contributed by atoms with van der Waals surface area (Å²) in [4.78, 5) is 200. The molecule has 13 atom stereocenters. The number of likely N-dealkylation sites (N-methyl/N-ethyl adjacent to an activating group) is 7. The topological polar surface area (TPSA) is 343 Å². The number of hydrogen-bond acceptors (Lipinski definition) is 17. The molecule has 29 heteroatoms. The van der Waals surface area contributed by atoms with Crippen LogP contribution in [0.2, 0.25) is 0 Å². The molecular formula is C82H142N12O16S. The number of carbonyl (C=O) groups excluding carboxylic acids is 13. The van der Waals surface area contributed by atoms with E-state index in [1.807, 2.05) is 55.4 Å². The average Bonchev–Trinajstić information content (AvgIpc) is 0.811. The smallest absolute Gasteiger partial charge is 0.407 e. The molecule has 0 saturated carbocycles. The lowest BCUT2D eigenvalue weighted by Crippen LogP contribution is -2.64. The van der Waals surface area contributed by atoms with Gasteiger partial charge in [0.2, 0.25) is 59.1 Å². The number of aliphatic hydroxyl groups is 1. The summed E-state index contributed by atoms with van der Waals surface area (Å²) >= 11 is 1.14. The predicted molar refractivity (Wildman–Crippen MR) is 433 cm³/mol. The van der Waals surface area contributed by atoms with Crippen LogP contribution >= 0.6 is 11.8 Å². The van der Waals surface area contributed by atoms with Gasteiger partial charge in [0.25, 0.3) is 5.91 Å². The lowest BCUT2D eigenvalue weighted by molar-refractivity contribution is -0.157. The van der Waals surface area contributed by atoms with Gasteiger partial charge in [0.15, 0.2) is 5.37 Å². The van der Waals surface area contributed by atoms with Gasteiger partial charge >= 0.3 is 12.1 Å². The minimum absolute atomic E-state index is 0.0501. The Labute approximate surface area is 667 Å². The number of hydrogen-bond donors (Lipinski definition) is 6. The Morgan fingerprint density at radius 2 is 0.946 bits per heavy atom. The molecule has 1 heterocycles. The molecule has 111 heavy (non-hydrogen) atoms. The highest BCUT2D eigenvalue weighted by Crippen LogP contribution is 2.29. The van der Waals surface area contributed by atoms with Gasteiger partial charge in [0.05, 0.1) is 18.3 Å². The molecule has 0 unspecified atom stereocenters. The maximum atomic E-state index is 15.7. The zero-order valence-electron chi connectivity index (χ0n) is 72.0. The molecule has 632 valence electrons. The number of carbonyl (C=O) groups is 13. The molecule has 0 spiro atoms. The second kappa shape index (κ2) is 47.8. The van der Waals surface area contributed by atoms with E-state index in [1.54, 1.807) is 92.6 Å². The molecule has 1 saturated heterocycles. The van der Waals surface area contributed by atoms with Crippen molar-refractivity contribution in [2.45, 2.75) is 299 Å². The Morgan fingerprint density at radius 1 is 0.486 bits per heavy atom. The van der Waals surface area contributed by atoms with Crippen LogP contribution in [0.5, 0.6) is 0 Å². The molecule has 0 radical (unpaired) electrons. The fraction of sp³-hybridized carbons (Fsp3) is 0.768. The van der Waals surface area contributed by atoms with Gasteiger partial charge in [-0.1, -0.05) is 147 Å². The van der Waals surface area contributed by atoms with Gasteiger partial charge in [-0.25, -0.2) is 9.59 Å². The Morgan fingerprint density at radius 3 is 1.46 bits per heavy atom. The van der Waals surface area contributed by atoms with E-state index >= 15 is 33.6 Å². The van der Waals surface area contributed by atoms with Crippen molar-refractivity contribution in [3.63, 3.8) is 0 Å². The molecule has 12 amide bonds. The number of nitrogens with one attached hydrogen (secondary N) is 5. The van der Waals surface area contributed by atoms with Crippen molar-refractivity contribution in [1.82, 2.24) is 60.9 Å². The summed E-state index contributed by atoms with van der Waals surface area (Å²) < 4.78 is 10.9. The standard InChI is InChI=1S/C82H142N12O16S/c1-27-59-73(101)94(26)79(111-44-38-31-30-37-43-109-80(107)58-40-34-32-35-41-58)78(106)89(21)61(46-50(4)5)70(98)87-64(53(10)11)76(104)88(20)60(45-49(2)3)69(97)84-56(15)68(96)85-57(16)72(100)90(22)62(47-51(6)7)74(102)91(23)63(48-52(8)9)75(103)92(24)65(54(12)13)77(105)93(25)66(71(99)86-59)67(95)55(14)39-33-28-29-36-42-83-81(108)110-82(17,18)19/h32,34-35,40-41,49-57,59-67,79,95H,27-31,33,36-39,42-48H2,1-26H3,(H,83,108)(H,84,97)(H,85,96)(H,86,99)(H,87,98)/t55-,56-,57+,59-,60-,61+,62+,63-,64-,65-,66+,67-,79-/m1/s1. The van der Waals surface area contributed by atoms with Crippen molar-refractivity contribution in [2.75, 3.05) is 68.2 Å².